The smallest absolute Gasteiger partial charge is 0.124 e. The minimum absolute atomic E-state index is 0.220. The van der Waals surface area contributed by atoms with Gasteiger partial charge in [0.15, 0.2) is 0 Å². The van der Waals surface area contributed by atoms with E-state index in [4.69, 9.17) is 5.73 Å². The van der Waals surface area contributed by atoms with Crippen molar-refractivity contribution in [2.24, 2.45) is 12.8 Å². The Kier molecular flexibility index (Phi) is 2.65. The molecule has 0 aliphatic carbocycles. The minimum Gasteiger partial charge on any atom is -0.318 e. The Labute approximate surface area is 108 Å². The van der Waals surface area contributed by atoms with Crippen molar-refractivity contribution < 1.29 is 4.39 Å². The molecule has 0 aliphatic rings. The first-order valence-corrected chi connectivity index (χ1v) is 6.39. The Bertz CT molecular complexity index is 701. The number of hydrogen-bond donors (Lipinski definition) is 1. The number of benzene rings is 1. The molecule has 3 nitrogen and oxygen atoms in total. The maximum Gasteiger partial charge on any atom is 0.124 e. The van der Waals surface area contributed by atoms with Crippen LogP contribution in [0.2, 0.25) is 0 Å². The number of aryl methyl sites for hydroxylation is 1. The summed E-state index contributed by atoms with van der Waals surface area (Å²) in [6.07, 6.45) is 1.86. The molecule has 0 fully saturated rings. The normalized spacial score (nSPS) is 13.1. The number of rotatable bonds is 2. The SMILES string of the molecule is Cn1ccc(C(N)c2cc3ccc(F)cc3s2)n1. The van der Waals surface area contributed by atoms with Gasteiger partial charge in [-0.25, -0.2) is 4.39 Å². The van der Waals surface area contributed by atoms with Gasteiger partial charge in [0.2, 0.25) is 0 Å². The lowest BCUT2D eigenvalue weighted by molar-refractivity contribution is 0.630. The van der Waals surface area contributed by atoms with Gasteiger partial charge in [-0.2, -0.15) is 5.10 Å². The molecule has 3 aromatic rings. The summed E-state index contributed by atoms with van der Waals surface area (Å²) in [4.78, 5) is 0.995. The highest BCUT2D eigenvalue weighted by atomic mass is 32.1. The fourth-order valence-corrected chi connectivity index (χ4v) is 3.03. The van der Waals surface area contributed by atoms with Gasteiger partial charge in [0.25, 0.3) is 0 Å². The molecule has 5 heteroatoms. The third kappa shape index (κ3) is 1.91. The zero-order chi connectivity index (χ0) is 12.7. The minimum atomic E-state index is -0.258. The summed E-state index contributed by atoms with van der Waals surface area (Å²) < 4.78 is 15.8. The molecule has 1 aromatic carbocycles. The average Bonchev–Trinajstić information content (AvgIpc) is 2.93. The summed E-state index contributed by atoms with van der Waals surface area (Å²) in [6, 6.07) is 8.41. The Morgan fingerprint density at radius 1 is 1.33 bits per heavy atom. The zero-order valence-electron chi connectivity index (χ0n) is 9.80. The molecule has 0 radical (unpaired) electrons. The summed E-state index contributed by atoms with van der Waals surface area (Å²) in [5.41, 5.74) is 7.00. The largest absolute Gasteiger partial charge is 0.318 e. The van der Waals surface area contributed by atoms with Crippen molar-refractivity contribution in [3.63, 3.8) is 0 Å². The van der Waals surface area contributed by atoms with Crippen molar-refractivity contribution in [2.45, 2.75) is 6.04 Å². The summed E-state index contributed by atoms with van der Waals surface area (Å²) >= 11 is 1.51. The number of halogens is 1. The van der Waals surface area contributed by atoms with E-state index in [0.717, 1.165) is 20.7 Å². The number of aromatic nitrogens is 2. The van der Waals surface area contributed by atoms with Crippen LogP contribution in [-0.2, 0) is 7.05 Å². The maximum absolute atomic E-state index is 13.1. The molecule has 1 atom stereocenters. The van der Waals surface area contributed by atoms with E-state index in [1.807, 2.05) is 25.4 Å². The van der Waals surface area contributed by atoms with Crippen LogP contribution in [0.15, 0.2) is 36.5 Å². The molecule has 2 heterocycles. The van der Waals surface area contributed by atoms with Crippen molar-refractivity contribution in [3.8, 4) is 0 Å². The van der Waals surface area contributed by atoms with Crippen LogP contribution in [0.1, 0.15) is 16.6 Å². The van der Waals surface area contributed by atoms with Crippen LogP contribution in [0.25, 0.3) is 10.1 Å². The van der Waals surface area contributed by atoms with Crippen LogP contribution in [0.5, 0.6) is 0 Å². The van der Waals surface area contributed by atoms with E-state index in [9.17, 15) is 4.39 Å². The van der Waals surface area contributed by atoms with Gasteiger partial charge in [-0.1, -0.05) is 6.07 Å². The molecule has 0 saturated heterocycles. The van der Waals surface area contributed by atoms with Gasteiger partial charge < -0.3 is 5.73 Å². The van der Waals surface area contributed by atoms with Gasteiger partial charge in [-0.3, -0.25) is 4.68 Å². The van der Waals surface area contributed by atoms with Crippen LogP contribution >= 0.6 is 11.3 Å². The first kappa shape index (κ1) is 11.4. The van der Waals surface area contributed by atoms with Gasteiger partial charge >= 0.3 is 0 Å². The highest BCUT2D eigenvalue weighted by Gasteiger charge is 2.14. The molecule has 92 valence electrons. The molecular weight excluding hydrogens is 249 g/mol. The molecular formula is C13H12FN3S. The fraction of sp³-hybridized carbons (Fsp3) is 0.154. The lowest BCUT2D eigenvalue weighted by atomic mass is 10.1. The summed E-state index contributed by atoms with van der Waals surface area (Å²) in [5.74, 6) is -0.220. The molecule has 0 bridgehead atoms. The first-order valence-electron chi connectivity index (χ1n) is 5.57. The highest BCUT2D eigenvalue weighted by Crippen LogP contribution is 2.31. The van der Waals surface area contributed by atoms with Gasteiger partial charge in [0, 0.05) is 22.8 Å². The molecule has 0 spiro atoms. The third-order valence-corrected chi connectivity index (χ3v) is 4.04. The van der Waals surface area contributed by atoms with Gasteiger partial charge in [-0.15, -0.1) is 11.3 Å². The van der Waals surface area contributed by atoms with E-state index in [-0.39, 0.29) is 11.9 Å². The van der Waals surface area contributed by atoms with Gasteiger partial charge in [0.1, 0.15) is 5.82 Å². The number of hydrogen-bond acceptors (Lipinski definition) is 3. The third-order valence-electron chi connectivity index (χ3n) is 2.86. The Hall–Kier alpha value is -1.72. The van der Waals surface area contributed by atoms with Crippen LogP contribution in [0, 0.1) is 5.82 Å². The number of fused-ring (bicyclic) bond motifs is 1. The van der Waals surface area contributed by atoms with Crippen molar-refractivity contribution in [2.75, 3.05) is 0 Å². The molecule has 0 amide bonds. The van der Waals surface area contributed by atoms with Crippen molar-refractivity contribution in [1.82, 2.24) is 9.78 Å². The highest BCUT2D eigenvalue weighted by molar-refractivity contribution is 7.19. The second-order valence-corrected chi connectivity index (χ2v) is 5.34. The van der Waals surface area contributed by atoms with E-state index in [1.165, 1.54) is 23.5 Å². The second-order valence-electron chi connectivity index (χ2n) is 4.22. The Morgan fingerprint density at radius 3 is 2.89 bits per heavy atom. The van der Waals surface area contributed by atoms with E-state index < -0.39 is 0 Å². The fourth-order valence-electron chi connectivity index (χ4n) is 1.92. The quantitative estimate of drug-likeness (QED) is 0.771. The Balaban J connectivity index is 2.03. The topological polar surface area (TPSA) is 43.8 Å². The average molecular weight is 261 g/mol. The monoisotopic (exact) mass is 261 g/mol. The zero-order valence-corrected chi connectivity index (χ0v) is 10.6. The molecule has 0 saturated carbocycles. The lowest BCUT2D eigenvalue weighted by Gasteiger charge is -2.04. The number of nitrogens with zero attached hydrogens (tertiary/aromatic N) is 2. The van der Waals surface area contributed by atoms with Crippen molar-refractivity contribution in [1.29, 1.82) is 0 Å². The van der Waals surface area contributed by atoms with E-state index in [2.05, 4.69) is 5.10 Å². The number of thiophene rings is 1. The van der Waals surface area contributed by atoms with Crippen molar-refractivity contribution in [3.05, 3.63) is 52.9 Å². The number of nitrogens with two attached hydrogens (primary N) is 1. The van der Waals surface area contributed by atoms with Crippen LogP contribution in [0.4, 0.5) is 4.39 Å². The Morgan fingerprint density at radius 2 is 2.17 bits per heavy atom. The van der Waals surface area contributed by atoms with E-state index in [1.54, 1.807) is 10.7 Å². The van der Waals surface area contributed by atoms with E-state index in [0.29, 0.717) is 0 Å². The molecule has 18 heavy (non-hydrogen) atoms. The lowest BCUT2D eigenvalue weighted by Crippen LogP contribution is -2.11. The molecule has 2 N–H and O–H groups in total. The molecule has 0 aliphatic heterocycles. The second kappa shape index (κ2) is 4.19. The molecule has 3 rings (SSSR count). The van der Waals surface area contributed by atoms with Crippen LogP contribution in [-0.4, -0.2) is 9.78 Å². The van der Waals surface area contributed by atoms with Gasteiger partial charge in [0.05, 0.1) is 11.7 Å². The van der Waals surface area contributed by atoms with Crippen LogP contribution < -0.4 is 5.73 Å². The van der Waals surface area contributed by atoms with Crippen LogP contribution in [0.3, 0.4) is 0 Å². The van der Waals surface area contributed by atoms with Gasteiger partial charge in [-0.05, 0) is 29.7 Å². The maximum atomic E-state index is 13.1. The molecule has 2 aromatic heterocycles. The predicted octanol–water partition coefficient (Wildman–Crippen LogP) is 2.82. The summed E-state index contributed by atoms with van der Waals surface area (Å²) in [7, 11) is 1.86. The first-order chi connectivity index (χ1) is 8.63. The summed E-state index contributed by atoms with van der Waals surface area (Å²) in [5, 5.41) is 5.32. The molecule has 1 unspecified atom stereocenters. The standard InChI is InChI=1S/C13H12FN3S/c1-17-5-4-10(16-17)13(15)12-6-8-2-3-9(14)7-11(8)18-12/h2-7,13H,15H2,1H3. The van der Waals surface area contributed by atoms with Crippen molar-refractivity contribution >= 4 is 21.4 Å². The summed E-state index contributed by atoms with van der Waals surface area (Å²) in [6.45, 7) is 0. The predicted molar refractivity (Wildman–Crippen MR) is 71.0 cm³/mol. The van der Waals surface area contributed by atoms with E-state index >= 15 is 0 Å².